The standard InChI is InChI=1S/C32H46OPSi.BrH/c1-32(2,3)35(4,5)33-27-19-8-6-7-9-20-28-34(29-21-13-10-14-22-29,30-23-15-11-16-24-30)31-25-17-12-18-26-31;/h10-18,21-26H,6-9,19-20,27-28H2,1-5H3;1H/q+1;/p-1. The van der Waals surface area contributed by atoms with Crippen molar-refractivity contribution >= 4 is 31.5 Å². The second-order valence-corrected chi connectivity index (χ2v) is 19.7. The summed E-state index contributed by atoms with van der Waals surface area (Å²) in [5.41, 5.74) is 0. The zero-order chi connectivity index (χ0) is 25.2. The Hall–Kier alpha value is -1.25. The number of hydrogen-bond donors (Lipinski definition) is 0. The van der Waals surface area contributed by atoms with Gasteiger partial charge in [-0.25, -0.2) is 0 Å². The summed E-state index contributed by atoms with van der Waals surface area (Å²) in [4.78, 5) is 0. The fourth-order valence-corrected chi connectivity index (χ4v) is 10.1. The van der Waals surface area contributed by atoms with Crippen LogP contribution in [0.1, 0.15) is 59.3 Å². The number of rotatable bonds is 13. The molecule has 3 aromatic rings. The lowest BCUT2D eigenvalue weighted by Crippen LogP contribution is -3.00. The molecule has 0 bridgehead atoms. The van der Waals surface area contributed by atoms with Crippen LogP contribution in [0.15, 0.2) is 91.0 Å². The normalized spacial score (nSPS) is 12.2. The topological polar surface area (TPSA) is 9.23 Å². The van der Waals surface area contributed by atoms with Crippen LogP contribution in [-0.4, -0.2) is 21.1 Å². The molecule has 0 aliphatic heterocycles. The van der Waals surface area contributed by atoms with Gasteiger partial charge in [0.2, 0.25) is 0 Å². The molecular formula is C32H46BrOPSi. The lowest BCUT2D eigenvalue weighted by Gasteiger charge is -2.36. The fourth-order valence-electron chi connectivity index (χ4n) is 4.58. The third kappa shape index (κ3) is 8.12. The lowest BCUT2D eigenvalue weighted by atomic mass is 10.1. The van der Waals surface area contributed by atoms with E-state index in [0.29, 0.717) is 5.04 Å². The highest BCUT2D eigenvalue weighted by Crippen LogP contribution is 2.56. The highest BCUT2D eigenvalue weighted by atomic mass is 79.9. The van der Waals surface area contributed by atoms with Gasteiger partial charge in [-0.05, 0) is 73.8 Å². The van der Waals surface area contributed by atoms with Crippen LogP contribution < -0.4 is 32.9 Å². The zero-order valence-corrected chi connectivity index (χ0v) is 26.5. The summed E-state index contributed by atoms with van der Waals surface area (Å²) in [6.45, 7) is 12.6. The van der Waals surface area contributed by atoms with E-state index >= 15 is 0 Å². The smallest absolute Gasteiger partial charge is 0.191 e. The number of unbranched alkanes of at least 4 members (excludes halogenated alkanes) is 5. The van der Waals surface area contributed by atoms with Gasteiger partial charge in [-0.3, -0.25) is 0 Å². The summed E-state index contributed by atoms with van der Waals surface area (Å²) >= 11 is 0. The Bertz CT molecular complexity index is 890. The monoisotopic (exact) mass is 584 g/mol. The Morgan fingerprint density at radius 2 is 0.944 bits per heavy atom. The van der Waals surface area contributed by atoms with Crippen LogP contribution in [0.25, 0.3) is 0 Å². The first-order valence-electron chi connectivity index (χ1n) is 13.5. The van der Waals surface area contributed by atoms with Crippen molar-refractivity contribution in [3.8, 4) is 0 Å². The molecule has 1 nitrogen and oxygen atoms in total. The van der Waals surface area contributed by atoms with E-state index in [1.807, 2.05) is 0 Å². The summed E-state index contributed by atoms with van der Waals surface area (Å²) in [5, 5.41) is 4.80. The quantitative estimate of drug-likeness (QED) is 0.149. The van der Waals surface area contributed by atoms with Crippen molar-refractivity contribution in [2.24, 2.45) is 0 Å². The van der Waals surface area contributed by atoms with E-state index < -0.39 is 15.6 Å². The van der Waals surface area contributed by atoms with Gasteiger partial charge in [-0.15, -0.1) is 0 Å². The molecule has 0 radical (unpaired) electrons. The van der Waals surface area contributed by atoms with Crippen LogP contribution in [-0.2, 0) is 4.43 Å². The second-order valence-electron chi connectivity index (χ2n) is 11.3. The Balaban J connectivity index is 0.00000456. The Morgan fingerprint density at radius 1 is 0.583 bits per heavy atom. The van der Waals surface area contributed by atoms with Gasteiger partial charge < -0.3 is 21.4 Å². The van der Waals surface area contributed by atoms with Crippen molar-refractivity contribution in [3.05, 3.63) is 91.0 Å². The van der Waals surface area contributed by atoms with E-state index in [-0.39, 0.29) is 17.0 Å². The molecule has 3 aromatic carbocycles. The predicted octanol–water partition coefficient (Wildman–Crippen LogP) is 5.35. The summed E-state index contributed by atoms with van der Waals surface area (Å²) in [6.07, 6.45) is 8.92. The predicted molar refractivity (Wildman–Crippen MR) is 161 cm³/mol. The summed E-state index contributed by atoms with van der Waals surface area (Å²) in [5.74, 6) is 0. The minimum Gasteiger partial charge on any atom is -1.00 e. The van der Waals surface area contributed by atoms with Crippen LogP contribution in [0.5, 0.6) is 0 Å². The minimum absolute atomic E-state index is 0. The van der Waals surface area contributed by atoms with Gasteiger partial charge in [0, 0.05) is 6.61 Å². The largest absolute Gasteiger partial charge is 1.00 e. The first-order valence-corrected chi connectivity index (χ1v) is 18.3. The third-order valence-corrected chi connectivity index (χ3v) is 16.8. The van der Waals surface area contributed by atoms with Gasteiger partial charge in [0.15, 0.2) is 8.32 Å². The molecule has 0 atom stereocenters. The average molecular weight is 586 g/mol. The maximum absolute atomic E-state index is 6.36. The molecule has 0 saturated heterocycles. The van der Waals surface area contributed by atoms with Gasteiger partial charge >= 0.3 is 0 Å². The average Bonchev–Trinajstić information content (AvgIpc) is 2.86. The molecule has 0 fully saturated rings. The molecule has 196 valence electrons. The van der Waals surface area contributed by atoms with Crippen LogP contribution in [0.4, 0.5) is 0 Å². The van der Waals surface area contributed by atoms with E-state index in [9.17, 15) is 0 Å². The van der Waals surface area contributed by atoms with Crippen LogP contribution in [0.2, 0.25) is 18.1 Å². The first kappa shape index (κ1) is 31.0. The molecule has 3 rings (SSSR count). The van der Waals surface area contributed by atoms with Crippen LogP contribution >= 0.6 is 7.26 Å². The van der Waals surface area contributed by atoms with Crippen LogP contribution in [0, 0.1) is 0 Å². The zero-order valence-electron chi connectivity index (χ0n) is 23.1. The molecule has 0 aromatic heterocycles. The Kier molecular flexibility index (Phi) is 12.6. The van der Waals surface area contributed by atoms with E-state index in [2.05, 4.69) is 125 Å². The highest BCUT2D eigenvalue weighted by molar-refractivity contribution is 7.95. The summed E-state index contributed by atoms with van der Waals surface area (Å²) < 4.78 is 6.36. The molecule has 0 amide bonds. The van der Waals surface area contributed by atoms with Gasteiger partial charge in [0.25, 0.3) is 0 Å². The molecule has 4 heteroatoms. The molecule has 0 heterocycles. The molecule has 0 unspecified atom stereocenters. The molecule has 36 heavy (non-hydrogen) atoms. The van der Waals surface area contributed by atoms with Gasteiger partial charge in [-0.1, -0.05) is 94.6 Å². The minimum atomic E-state index is -1.67. The molecule has 0 aliphatic rings. The van der Waals surface area contributed by atoms with E-state index in [4.69, 9.17) is 4.43 Å². The van der Waals surface area contributed by atoms with Crippen LogP contribution in [0.3, 0.4) is 0 Å². The van der Waals surface area contributed by atoms with Crippen molar-refractivity contribution in [3.63, 3.8) is 0 Å². The maximum Gasteiger partial charge on any atom is 0.191 e. The van der Waals surface area contributed by atoms with Crippen molar-refractivity contribution < 1.29 is 21.4 Å². The number of hydrogen-bond acceptors (Lipinski definition) is 1. The second kappa shape index (κ2) is 14.6. The van der Waals surface area contributed by atoms with Crippen molar-refractivity contribution in [1.82, 2.24) is 0 Å². The first-order chi connectivity index (χ1) is 16.8. The fraction of sp³-hybridized carbons (Fsp3) is 0.438. The van der Waals surface area contributed by atoms with E-state index in [1.54, 1.807) is 0 Å². The van der Waals surface area contributed by atoms with Gasteiger partial charge in [0.1, 0.15) is 23.2 Å². The Morgan fingerprint density at radius 3 is 1.33 bits per heavy atom. The van der Waals surface area contributed by atoms with E-state index in [1.165, 1.54) is 60.6 Å². The number of halogens is 1. The van der Waals surface area contributed by atoms with Crippen molar-refractivity contribution in [2.45, 2.75) is 77.4 Å². The SMILES string of the molecule is CC(C)(C)[Si](C)(C)OCCCCCCCC[P+](c1ccccc1)(c1ccccc1)c1ccccc1.[Br-]. The van der Waals surface area contributed by atoms with E-state index in [0.717, 1.165) is 6.61 Å². The molecular weight excluding hydrogens is 539 g/mol. The number of benzene rings is 3. The van der Waals surface area contributed by atoms with Gasteiger partial charge in [-0.2, -0.15) is 0 Å². The molecule has 0 spiro atoms. The third-order valence-electron chi connectivity index (χ3n) is 7.75. The molecule has 0 N–H and O–H groups in total. The Labute approximate surface area is 233 Å². The maximum atomic E-state index is 6.36. The van der Waals surface area contributed by atoms with Gasteiger partial charge in [0.05, 0.1) is 6.16 Å². The summed E-state index contributed by atoms with van der Waals surface area (Å²) in [7, 11) is -3.27. The summed E-state index contributed by atoms with van der Waals surface area (Å²) in [6, 6.07) is 33.8. The lowest BCUT2D eigenvalue weighted by molar-refractivity contribution is -0.00000828. The van der Waals surface area contributed by atoms with Crippen molar-refractivity contribution in [2.75, 3.05) is 12.8 Å². The molecule has 0 saturated carbocycles. The highest BCUT2D eigenvalue weighted by Gasteiger charge is 2.44. The molecule has 0 aliphatic carbocycles. The van der Waals surface area contributed by atoms with Crippen molar-refractivity contribution in [1.29, 1.82) is 0 Å².